The second-order valence-electron chi connectivity index (χ2n) is 6.47. The quantitative estimate of drug-likeness (QED) is 0.795. The number of pyridine rings is 1. The molecule has 0 spiro atoms. The van der Waals surface area contributed by atoms with E-state index in [4.69, 9.17) is 12.2 Å². The maximum Gasteiger partial charge on any atom is 0.173 e. The fourth-order valence-corrected chi connectivity index (χ4v) is 3.74. The smallest absolute Gasteiger partial charge is 0.173 e. The van der Waals surface area contributed by atoms with Gasteiger partial charge in [-0.2, -0.15) is 0 Å². The summed E-state index contributed by atoms with van der Waals surface area (Å²) in [5, 5.41) is 7.63. The Kier molecular flexibility index (Phi) is 4.70. The summed E-state index contributed by atoms with van der Waals surface area (Å²) in [4.78, 5) is 8.97. The number of thiocarbonyl (C=S) groups is 1. The lowest BCUT2D eigenvalue weighted by Gasteiger charge is -2.36. The molecular formula is C19H23N5S. The Bertz CT molecular complexity index is 729. The Labute approximate surface area is 154 Å². The van der Waals surface area contributed by atoms with Crippen LogP contribution in [0.2, 0.25) is 0 Å². The minimum absolute atomic E-state index is 0.807. The van der Waals surface area contributed by atoms with Gasteiger partial charge in [0.25, 0.3) is 0 Å². The summed E-state index contributed by atoms with van der Waals surface area (Å²) >= 11 is 5.59. The van der Waals surface area contributed by atoms with Crippen LogP contribution in [-0.2, 0) is 0 Å². The third-order valence-corrected chi connectivity index (χ3v) is 5.29. The van der Waals surface area contributed by atoms with Crippen molar-refractivity contribution in [3.05, 3.63) is 59.6 Å². The van der Waals surface area contributed by atoms with Crippen molar-refractivity contribution in [3.63, 3.8) is 0 Å². The summed E-state index contributed by atoms with van der Waals surface area (Å²) in [6.07, 6.45) is 10.6. The first-order valence-corrected chi connectivity index (χ1v) is 9.26. The van der Waals surface area contributed by atoms with E-state index in [-0.39, 0.29) is 0 Å². The Balaban J connectivity index is 1.32. The number of hydrogen-bond acceptors (Lipinski definition) is 4. The predicted molar refractivity (Wildman–Crippen MR) is 105 cm³/mol. The van der Waals surface area contributed by atoms with Gasteiger partial charge in [-0.3, -0.25) is 0 Å². The van der Waals surface area contributed by atoms with E-state index in [0.717, 1.165) is 56.5 Å². The lowest BCUT2D eigenvalue weighted by atomic mass is 10.0. The van der Waals surface area contributed by atoms with Crippen LogP contribution in [0.1, 0.15) is 12.8 Å². The lowest BCUT2D eigenvalue weighted by molar-refractivity contribution is 0.382. The van der Waals surface area contributed by atoms with Gasteiger partial charge in [-0.15, -0.1) is 0 Å². The first kappa shape index (κ1) is 16.1. The Hall–Kier alpha value is -2.34. The number of piperazine rings is 1. The van der Waals surface area contributed by atoms with Gasteiger partial charge in [-0.1, -0.05) is 18.2 Å². The molecule has 0 unspecified atom stereocenters. The number of anilines is 1. The zero-order valence-corrected chi connectivity index (χ0v) is 15.1. The summed E-state index contributed by atoms with van der Waals surface area (Å²) in [5.41, 5.74) is 3.99. The molecule has 0 amide bonds. The molecule has 6 heteroatoms. The van der Waals surface area contributed by atoms with Crippen LogP contribution in [0.25, 0.3) is 0 Å². The highest BCUT2D eigenvalue weighted by Crippen LogP contribution is 2.27. The SMILES string of the molecule is S=C(N/C=C1/CNC2=C1C=CCC2)N1CCN(c2ccccn2)CC1. The first-order valence-electron chi connectivity index (χ1n) is 8.85. The minimum Gasteiger partial charge on any atom is -0.384 e. The van der Waals surface area contributed by atoms with E-state index in [1.165, 1.54) is 16.8 Å². The largest absolute Gasteiger partial charge is 0.384 e. The van der Waals surface area contributed by atoms with Crippen LogP contribution in [0.3, 0.4) is 0 Å². The number of nitrogens with one attached hydrogen (secondary N) is 2. The highest BCUT2D eigenvalue weighted by atomic mass is 32.1. The molecule has 3 aliphatic rings. The van der Waals surface area contributed by atoms with Crippen molar-refractivity contribution in [1.29, 1.82) is 0 Å². The molecule has 1 aromatic rings. The van der Waals surface area contributed by atoms with Crippen LogP contribution >= 0.6 is 12.2 Å². The van der Waals surface area contributed by atoms with Crippen molar-refractivity contribution in [2.45, 2.75) is 12.8 Å². The number of allylic oxidation sites excluding steroid dienone is 3. The molecular weight excluding hydrogens is 330 g/mol. The maximum absolute atomic E-state index is 5.59. The Morgan fingerprint density at radius 1 is 1.24 bits per heavy atom. The van der Waals surface area contributed by atoms with E-state index in [1.54, 1.807) is 0 Å². The van der Waals surface area contributed by atoms with E-state index < -0.39 is 0 Å². The molecule has 0 bridgehead atoms. The standard InChI is InChI=1S/C19H23N5S/c25-19(22-14-15-13-21-17-6-2-1-5-16(15)17)24-11-9-23(10-12-24)18-7-3-4-8-20-18/h1,3-5,7-8,14,21H,2,6,9-13H2,(H,22,25)/b15-14-. The second-order valence-corrected chi connectivity index (χ2v) is 6.85. The van der Waals surface area contributed by atoms with Gasteiger partial charge in [-0.05, 0) is 48.3 Å². The van der Waals surface area contributed by atoms with E-state index in [1.807, 2.05) is 18.3 Å². The Morgan fingerprint density at radius 3 is 2.92 bits per heavy atom. The van der Waals surface area contributed by atoms with Crippen molar-refractivity contribution in [3.8, 4) is 0 Å². The molecule has 0 saturated carbocycles. The van der Waals surface area contributed by atoms with E-state index in [0.29, 0.717) is 0 Å². The fourth-order valence-electron chi connectivity index (χ4n) is 3.49. The molecule has 2 aliphatic heterocycles. The molecule has 1 saturated heterocycles. The van der Waals surface area contributed by atoms with Gasteiger partial charge < -0.3 is 20.4 Å². The van der Waals surface area contributed by atoms with Crippen LogP contribution < -0.4 is 15.5 Å². The van der Waals surface area contributed by atoms with E-state index >= 15 is 0 Å². The highest BCUT2D eigenvalue weighted by Gasteiger charge is 2.21. The molecule has 0 atom stereocenters. The monoisotopic (exact) mass is 353 g/mol. The second kappa shape index (κ2) is 7.27. The summed E-state index contributed by atoms with van der Waals surface area (Å²) in [7, 11) is 0. The minimum atomic E-state index is 0.807. The number of aromatic nitrogens is 1. The molecule has 1 fully saturated rings. The third kappa shape index (κ3) is 3.54. The topological polar surface area (TPSA) is 43.4 Å². The van der Waals surface area contributed by atoms with Gasteiger partial charge in [0.2, 0.25) is 0 Å². The van der Waals surface area contributed by atoms with Crippen molar-refractivity contribution in [1.82, 2.24) is 20.5 Å². The molecule has 1 aliphatic carbocycles. The van der Waals surface area contributed by atoms with Crippen molar-refractivity contribution in [2.24, 2.45) is 0 Å². The molecule has 0 radical (unpaired) electrons. The molecule has 4 rings (SSSR count). The maximum atomic E-state index is 5.59. The number of hydrogen-bond donors (Lipinski definition) is 2. The van der Waals surface area contributed by atoms with Crippen LogP contribution in [0.5, 0.6) is 0 Å². The molecule has 2 N–H and O–H groups in total. The molecule has 5 nitrogen and oxygen atoms in total. The molecule has 0 aromatic carbocycles. The van der Waals surface area contributed by atoms with Gasteiger partial charge in [-0.25, -0.2) is 4.98 Å². The Morgan fingerprint density at radius 2 is 2.12 bits per heavy atom. The molecule has 130 valence electrons. The van der Waals surface area contributed by atoms with Crippen molar-refractivity contribution < 1.29 is 0 Å². The van der Waals surface area contributed by atoms with Crippen LogP contribution in [0.15, 0.2) is 59.6 Å². The van der Waals surface area contributed by atoms with Gasteiger partial charge in [0.15, 0.2) is 5.11 Å². The molecule has 1 aromatic heterocycles. The number of nitrogens with zero attached hydrogens (tertiary/aromatic N) is 3. The van der Waals surface area contributed by atoms with E-state index in [9.17, 15) is 0 Å². The summed E-state index contributed by atoms with van der Waals surface area (Å²) in [6.45, 7) is 4.59. The highest BCUT2D eigenvalue weighted by molar-refractivity contribution is 7.80. The zero-order chi connectivity index (χ0) is 17.1. The summed E-state index contributed by atoms with van der Waals surface area (Å²) < 4.78 is 0. The van der Waals surface area contributed by atoms with Gasteiger partial charge >= 0.3 is 0 Å². The van der Waals surface area contributed by atoms with Gasteiger partial charge in [0.1, 0.15) is 5.82 Å². The van der Waals surface area contributed by atoms with Crippen LogP contribution in [-0.4, -0.2) is 47.7 Å². The molecule has 25 heavy (non-hydrogen) atoms. The fraction of sp³-hybridized carbons (Fsp3) is 0.368. The summed E-state index contributed by atoms with van der Waals surface area (Å²) in [6, 6.07) is 6.05. The number of rotatable bonds is 2. The predicted octanol–water partition coefficient (Wildman–Crippen LogP) is 2.17. The first-order chi connectivity index (χ1) is 12.3. The average Bonchev–Trinajstić information content (AvgIpc) is 3.10. The van der Waals surface area contributed by atoms with E-state index in [2.05, 4.69) is 49.8 Å². The summed E-state index contributed by atoms with van der Waals surface area (Å²) in [5.74, 6) is 1.05. The third-order valence-electron chi connectivity index (χ3n) is 4.92. The van der Waals surface area contributed by atoms with Crippen molar-refractivity contribution >= 4 is 23.1 Å². The lowest BCUT2D eigenvalue weighted by Crippen LogP contribution is -2.51. The van der Waals surface area contributed by atoms with Crippen LogP contribution in [0, 0.1) is 0 Å². The normalized spacial score (nSPS) is 21.4. The van der Waals surface area contributed by atoms with Gasteiger partial charge in [0, 0.05) is 50.8 Å². The molecule has 3 heterocycles. The van der Waals surface area contributed by atoms with Crippen molar-refractivity contribution in [2.75, 3.05) is 37.6 Å². The van der Waals surface area contributed by atoms with Crippen LogP contribution in [0.4, 0.5) is 5.82 Å². The average molecular weight is 353 g/mol. The van der Waals surface area contributed by atoms with Gasteiger partial charge in [0.05, 0.1) is 0 Å². The zero-order valence-electron chi connectivity index (χ0n) is 14.2.